The second-order valence-corrected chi connectivity index (χ2v) is 14.6. The van der Waals surface area contributed by atoms with Crippen molar-refractivity contribution in [3.05, 3.63) is 83.9 Å². The van der Waals surface area contributed by atoms with Crippen molar-refractivity contribution in [3.63, 3.8) is 0 Å². The normalized spacial score (nSPS) is 9.97. The lowest BCUT2D eigenvalue weighted by molar-refractivity contribution is 0.738. The van der Waals surface area contributed by atoms with Crippen LogP contribution in [0.4, 0.5) is 35.3 Å². The van der Waals surface area contributed by atoms with Gasteiger partial charge in [0.1, 0.15) is 23.8 Å². The van der Waals surface area contributed by atoms with Gasteiger partial charge >= 0.3 is 0 Å². The summed E-state index contributed by atoms with van der Waals surface area (Å²) in [5.41, 5.74) is 34.9. The first-order valence-electron chi connectivity index (χ1n) is 19.2. The van der Waals surface area contributed by atoms with Crippen LogP contribution in [0.25, 0.3) is 0 Å². The summed E-state index contributed by atoms with van der Waals surface area (Å²) in [5.74, 6) is 6.42. The number of hydrogen-bond acceptors (Lipinski definition) is 22. The molecule has 6 aromatic rings. The molecule has 0 unspecified atom stereocenters. The van der Waals surface area contributed by atoms with E-state index in [1.54, 1.807) is 18.5 Å². The highest BCUT2D eigenvalue weighted by molar-refractivity contribution is 5.29. The van der Waals surface area contributed by atoms with Crippen molar-refractivity contribution < 1.29 is 0 Å². The summed E-state index contributed by atoms with van der Waals surface area (Å²) >= 11 is 0. The van der Waals surface area contributed by atoms with Crippen LogP contribution >= 0.6 is 0 Å². The van der Waals surface area contributed by atoms with Crippen molar-refractivity contribution in [2.45, 2.75) is 133 Å². The molecule has 0 fully saturated rings. The summed E-state index contributed by atoms with van der Waals surface area (Å²) < 4.78 is 0. The van der Waals surface area contributed by atoms with Crippen molar-refractivity contribution in [1.29, 1.82) is 0 Å². The highest BCUT2D eigenvalue weighted by Crippen LogP contribution is 2.12. The SMILES string of the molecule is C.C.CC(C)c1cccc(N)n1.CC(C)c1cnc(N)nn1.CC(C)c1cnnc(N)n1.CC(C)c1ncc(N)nn1.CC(C)c1ncnc(N)n1.CC(C)c1nncc(N)n1. The van der Waals surface area contributed by atoms with Crippen LogP contribution in [0.15, 0.2) is 49.3 Å². The van der Waals surface area contributed by atoms with Crippen LogP contribution in [0, 0.1) is 0 Å². The van der Waals surface area contributed by atoms with E-state index in [1.165, 1.54) is 18.7 Å². The fourth-order valence-corrected chi connectivity index (χ4v) is 3.69. The van der Waals surface area contributed by atoms with Crippen LogP contribution in [0.3, 0.4) is 0 Å². The minimum Gasteiger partial charge on any atom is -0.384 e. The standard InChI is InChI=1S/C8H12N2.5C6H10N4.2CH4/c1-6(2)7-4-3-5-8(9)10-7;1-4(2)5-8-3-9-6(7)10-5;1-4(2)6-9-5(7)3-8-10-6;1-4(2)6-8-3-5(7)9-10-6;1-4(2)5-3-8-10-6(7)9-5;1-4(2)5-3-8-6(7)10-9-5;;/h3-6H,1-2H3,(H2,9,10);3-4H,1-2H3,(H2,7,8,9,10);3-4H,1-2H3,(H2,7,9,10);3-4H,1-2H3,(H2,7,9);3-4H,1-2H3,(H2,7,9,10);3-4H,1-2H3,(H2,7,8,10);2*1H4. The summed E-state index contributed by atoms with van der Waals surface area (Å²) in [4.78, 5) is 31.4. The van der Waals surface area contributed by atoms with Gasteiger partial charge < -0.3 is 34.4 Å². The van der Waals surface area contributed by atoms with Gasteiger partial charge in [0, 0.05) is 23.4 Å². The molecule has 6 aromatic heterocycles. The molecule has 0 saturated heterocycles. The Hall–Kier alpha value is -7.00. The number of rotatable bonds is 6. The van der Waals surface area contributed by atoms with E-state index < -0.39 is 0 Å². The lowest BCUT2D eigenvalue weighted by Gasteiger charge is -2.02. The Bertz CT molecular complexity index is 1810. The molecular formula is C40H70N22. The van der Waals surface area contributed by atoms with Crippen LogP contribution in [0.2, 0.25) is 0 Å². The van der Waals surface area contributed by atoms with E-state index in [9.17, 15) is 0 Å². The van der Waals surface area contributed by atoms with Crippen LogP contribution < -0.4 is 34.4 Å². The van der Waals surface area contributed by atoms with E-state index in [1.807, 2.05) is 81.4 Å². The number of pyridine rings is 1. The zero-order chi connectivity index (χ0) is 45.4. The fourth-order valence-electron chi connectivity index (χ4n) is 3.69. The summed E-state index contributed by atoms with van der Waals surface area (Å²) in [7, 11) is 0. The highest BCUT2D eigenvalue weighted by Gasteiger charge is 2.04. The number of nitrogens with zero attached hydrogens (tertiary/aromatic N) is 16. The Morgan fingerprint density at radius 2 is 0.952 bits per heavy atom. The minimum absolute atomic E-state index is 0. The Morgan fingerprint density at radius 3 is 1.34 bits per heavy atom. The molecule has 0 radical (unpaired) electrons. The van der Waals surface area contributed by atoms with Gasteiger partial charge in [-0.1, -0.05) is 104 Å². The second-order valence-electron chi connectivity index (χ2n) is 14.6. The van der Waals surface area contributed by atoms with Gasteiger partial charge in [0.05, 0.1) is 36.2 Å². The molecule has 340 valence electrons. The van der Waals surface area contributed by atoms with Gasteiger partial charge in [-0.15, -0.1) is 25.5 Å². The minimum atomic E-state index is 0. The predicted molar refractivity (Wildman–Crippen MR) is 248 cm³/mol. The molecule has 22 nitrogen and oxygen atoms in total. The maximum atomic E-state index is 5.49. The molecule has 0 aromatic carbocycles. The second kappa shape index (κ2) is 30.1. The van der Waals surface area contributed by atoms with Gasteiger partial charge in [-0.05, 0) is 29.9 Å². The van der Waals surface area contributed by atoms with E-state index in [2.05, 4.69) is 94.5 Å². The zero-order valence-corrected chi connectivity index (χ0v) is 36.7. The molecule has 0 aliphatic heterocycles. The first kappa shape index (κ1) is 57.1. The van der Waals surface area contributed by atoms with Gasteiger partial charge in [0.2, 0.25) is 17.8 Å². The number of aromatic nitrogens is 16. The maximum Gasteiger partial charge on any atom is 0.240 e. The van der Waals surface area contributed by atoms with Crippen LogP contribution in [-0.4, -0.2) is 80.7 Å². The summed E-state index contributed by atoms with van der Waals surface area (Å²) in [6, 6.07) is 5.71. The average molecular weight is 859 g/mol. The predicted octanol–water partition coefficient (Wildman–Crippen LogP) is 5.95. The third kappa shape index (κ3) is 24.2. The molecule has 0 aliphatic rings. The average Bonchev–Trinajstić information content (AvgIpc) is 3.19. The smallest absolute Gasteiger partial charge is 0.240 e. The van der Waals surface area contributed by atoms with Gasteiger partial charge in [0.15, 0.2) is 17.5 Å². The van der Waals surface area contributed by atoms with E-state index in [-0.39, 0.29) is 32.7 Å². The van der Waals surface area contributed by atoms with Crippen LogP contribution in [0.1, 0.15) is 168 Å². The first-order valence-corrected chi connectivity index (χ1v) is 19.2. The Balaban J connectivity index is 0. The first-order chi connectivity index (χ1) is 28.2. The molecule has 0 aliphatic carbocycles. The fraction of sp³-hybridized carbons (Fsp3) is 0.500. The maximum absolute atomic E-state index is 5.49. The summed E-state index contributed by atoms with van der Waals surface area (Å²) in [5, 5.41) is 29.6. The topological polar surface area (TPSA) is 362 Å². The van der Waals surface area contributed by atoms with Gasteiger partial charge in [-0.25, -0.2) is 34.9 Å². The van der Waals surface area contributed by atoms with Crippen LogP contribution in [0.5, 0.6) is 0 Å². The summed E-state index contributed by atoms with van der Waals surface area (Å²) in [6.45, 7) is 24.3. The molecule has 6 rings (SSSR count). The Kier molecular flexibility index (Phi) is 27.7. The number of anilines is 6. The quantitative estimate of drug-likeness (QED) is 0.113. The van der Waals surface area contributed by atoms with Crippen molar-refractivity contribution in [2.24, 2.45) is 0 Å². The largest absolute Gasteiger partial charge is 0.384 e. The van der Waals surface area contributed by atoms with Crippen molar-refractivity contribution >= 4 is 35.3 Å². The van der Waals surface area contributed by atoms with E-state index in [0.29, 0.717) is 58.8 Å². The van der Waals surface area contributed by atoms with Crippen molar-refractivity contribution in [2.75, 3.05) is 34.4 Å². The molecule has 22 heteroatoms. The summed E-state index contributed by atoms with van der Waals surface area (Å²) in [6.07, 6.45) is 7.65. The molecule has 0 amide bonds. The Labute approximate surface area is 366 Å². The molecule has 0 saturated carbocycles. The van der Waals surface area contributed by atoms with Crippen molar-refractivity contribution in [3.8, 4) is 0 Å². The molecule has 0 bridgehead atoms. The van der Waals surface area contributed by atoms with E-state index in [4.69, 9.17) is 34.4 Å². The number of nitrogens with two attached hydrogens (primary N) is 6. The van der Waals surface area contributed by atoms with Crippen LogP contribution in [-0.2, 0) is 0 Å². The third-order valence-electron chi connectivity index (χ3n) is 7.11. The Morgan fingerprint density at radius 1 is 0.355 bits per heavy atom. The monoisotopic (exact) mass is 859 g/mol. The number of nitrogen functional groups attached to an aromatic ring is 6. The number of hydrogen-bond donors (Lipinski definition) is 6. The lowest BCUT2D eigenvalue weighted by atomic mass is 10.1. The molecule has 12 N–H and O–H groups in total. The molecular weight excluding hydrogens is 789 g/mol. The molecule has 62 heavy (non-hydrogen) atoms. The molecule has 0 atom stereocenters. The lowest BCUT2D eigenvalue weighted by Crippen LogP contribution is -2.02. The molecule has 0 spiro atoms. The van der Waals surface area contributed by atoms with E-state index in [0.717, 1.165) is 28.7 Å². The van der Waals surface area contributed by atoms with Gasteiger partial charge in [-0.2, -0.15) is 20.3 Å². The van der Waals surface area contributed by atoms with E-state index >= 15 is 0 Å². The van der Waals surface area contributed by atoms with Gasteiger partial charge in [0.25, 0.3) is 0 Å². The van der Waals surface area contributed by atoms with Gasteiger partial charge in [-0.3, -0.25) is 0 Å². The highest BCUT2D eigenvalue weighted by atomic mass is 15.2. The zero-order valence-electron chi connectivity index (χ0n) is 36.7. The van der Waals surface area contributed by atoms with Crippen molar-refractivity contribution in [1.82, 2.24) is 80.7 Å². The molecule has 6 heterocycles. The third-order valence-corrected chi connectivity index (χ3v) is 7.11.